The van der Waals surface area contributed by atoms with Crippen LogP contribution in [0.15, 0.2) is 47.4 Å². The van der Waals surface area contributed by atoms with Crippen molar-refractivity contribution in [3.8, 4) is 11.5 Å². The van der Waals surface area contributed by atoms with Crippen LogP contribution in [0.1, 0.15) is 23.6 Å². The monoisotopic (exact) mass is 443 g/mol. The summed E-state index contributed by atoms with van der Waals surface area (Å²) in [6, 6.07) is 12.3. The zero-order valence-electron chi connectivity index (χ0n) is 16.7. The Labute approximate surface area is 184 Å². The molecule has 0 bridgehead atoms. The number of aliphatic carboxylic acids is 1. The largest absolute Gasteiger partial charge is 0.493 e. The number of benzene rings is 2. The molecule has 1 aliphatic rings. The second kappa shape index (κ2) is 9.32. The van der Waals surface area contributed by atoms with Gasteiger partial charge in [0.05, 0.1) is 12.0 Å². The van der Waals surface area contributed by atoms with E-state index in [0.717, 1.165) is 33.4 Å². The Morgan fingerprint density at radius 1 is 1.27 bits per heavy atom. The highest BCUT2D eigenvalue weighted by molar-refractivity contribution is 8.26. The summed E-state index contributed by atoms with van der Waals surface area (Å²) in [5.41, 5.74) is 2.95. The Morgan fingerprint density at radius 3 is 2.67 bits per heavy atom. The molecule has 8 heteroatoms. The minimum absolute atomic E-state index is 0.228. The van der Waals surface area contributed by atoms with Gasteiger partial charge in [-0.1, -0.05) is 54.3 Å². The lowest BCUT2D eigenvalue weighted by atomic mass is 10.1. The molecular formula is C22H21NO5S2. The third-order valence-corrected chi connectivity index (χ3v) is 6.03. The van der Waals surface area contributed by atoms with Crippen molar-refractivity contribution in [1.29, 1.82) is 0 Å². The molecule has 1 unspecified atom stereocenters. The van der Waals surface area contributed by atoms with Gasteiger partial charge in [0.1, 0.15) is 17.0 Å². The van der Waals surface area contributed by atoms with E-state index in [1.807, 2.05) is 37.3 Å². The molecule has 1 amide bonds. The number of carbonyl (C=O) groups is 2. The molecule has 0 saturated carbocycles. The second-order valence-electron chi connectivity index (χ2n) is 6.69. The number of rotatable bonds is 7. The minimum Gasteiger partial charge on any atom is -0.493 e. The lowest BCUT2D eigenvalue weighted by molar-refractivity contribution is -0.144. The van der Waals surface area contributed by atoms with Crippen LogP contribution in [0.5, 0.6) is 11.5 Å². The average molecular weight is 444 g/mol. The second-order valence-corrected chi connectivity index (χ2v) is 8.37. The van der Waals surface area contributed by atoms with Gasteiger partial charge >= 0.3 is 5.97 Å². The summed E-state index contributed by atoms with van der Waals surface area (Å²) in [4.78, 5) is 25.3. The van der Waals surface area contributed by atoms with E-state index in [-0.39, 0.29) is 4.32 Å². The normalized spacial score (nSPS) is 16.1. The van der Waals surface area contributed by atoms with E-state index < -0.39 is 17.9 Å². The van der Waals surface area contributed by atoms with Crippen LogP contribution in [0.3, 0.4) is 0 Å². The van der Waals surface area contributed by atoms with Gasteiger partial charge < -0.3 is 14.6 Å². The van der Waals surface area contributed by atoms with Crippen LogP contribution in [-0.2, 0) is 16.2 Å². The van der Waals surface area contributed by atoms with Crippen molar-refractivity contribution in [2.75, 3.05) is 7.11 Å². The lowest BCUT2D eigenvalue weighted by Gasteiger charge is -2.18. The van der Waals surface area contributed by atoms with E-state index in [0.29, 0.717) is 23.0 Å². The summed E-state index contributed by atoms with van der Waals surface area (Å²) in [7, 11) is 1.55. The molecule has 1 atom stereocenters. The third-order valence-electron chi connectivity index (χ3n) is 4.70. The first-order chi connectivity index (χ1) is 14.3. The molecule has 0 aliphatic carbocycles. The van der Waals surface area contributed by atoms with Crippen molar-refractivity contribution >= 4 is 46.3 Å². The lowest BCUT2D eigenvalue weighted by Crippen LogP contribution is -2.41. The molecule has 1 aliphatic heterocycles. The number of aryl methyl sites for hydroxylation is 1. The minimum atomic E-state index is -1.11. The van der Waals surface area contributed by atoms with Crippen LogP contribution in [0.2, 0.25) is 0 Å². The molecule has 30 heavy (non-hydrogen) atoms. The smallest absolute Gasteiger partial charge is 0.326 e. The SMILES string of the molecule is COc1cc(/C=C2\SC(=S)N(C(C)C(=O)O)C2=O)ccc1OCc1ccccc1C. The fraction of sp³-hybridized carbons (Fsp3) is 0.227. The molecule has 3 rings (SSSR count). The number of thiocarbonyl (C=S) groups is 1. The number of hydrogen-bond donors (Lipinski definition) is 1. The summed E-state index contributed by atoms with van der Waals surface area (Å²) in [6.07, 6.45) is 1.67. The maximum absolute atomic E-state index is 12.6. The van der Waals surface area contributed by atoms with Crippen molar-refractivity contribution in [2.24, 2.45) is 0 Å². The first-order valence-electron chi connectivity index (χ1n) is 9.17. The van der Waals surface area contributed by atoms with Crippen LogP contribution >= 0.6 is 24.0 Å². The van der Waals surface area contributed by atoms with Crippen molar-refractivity contribution in [3.63, 3.8) is 0 Å². The fourth-order valence-electron chi connectivity index (χ4n) is 2.90. The number of nitrogens with zero attached hydrogens (tertiary/aromatic N) is 1. The Bertz CT molecular complexity index is 1030. The molecular weight excluding hydrogens is 422 g/mol. The first-order valence-corrected chi connectivity index (χ1v) is 10.4. The van der Waals surface area contributed by atoms with E-state index >= 15 is 0 Å². The third kappa shape index (κ3) is 4.66. The van der Waals surface area contributed by atoms with Gasteiger partial charge in [0.2, 0.25) is 0 Å². The van der Waals surface area contributed by atoms with Crippen molar-refractivity contribution in [3.05, 3.63) is 64.1 Å². The molecule has 2 aromatic rings. The van der Waals surface area contributed by atoms with Crippen LogP contribution in [0.25, 0.3) is 6.08 Å². The Kier molecular flexibility index (Phi) is 6.79. The predicted octanol–water partition coefficient (Wildman–Crippen LogP) is 4.26. The maximum atomic E-state index is 12.6. The van der Waals surface area contributed by atoms with E-state index in [4.69, 9.17) is 21.7 Å². The number of methoxy groups -OCH3 is 1. The predicted molar refractivity (Wildman–Crippen MR) is 121 cm³/mol. The number of carbonyl (C=O) groups excluding carboxylic acids is 1. The zero-order chi connectivity index (χ0) is 21.8. The highest BCUT2D eigenvalue weighted by Gasteiger charge is 2.38. The number of carboxylic acid groups (broad SMARTS) is 1. The van der Waals surface area contributed by atoms with Crippen LogP contribution < -0.4 is 9.47 Å². The molecule has 2 aromatic carbocycles. The highest BCUT2D eigenvalue weighted by atomic mass is 32.2. The number of amides is 1. The Morgan fingerprint density at radius 2 is 2.00 bits per heavy atom. The van der Waals surface area contributed by atoms with Gasteiger partial charge in [-0.05, 0) is 48.7 Å². The molecule has 1 N–H and O–H groups in total. The summed E-state index contributed by atoms with van der Waals surface area (Å²) >= 11 is 6.27. The average Bonchev–Trinajstić information content (AvgIpc) is 3.00. The molecule has 0 aromatic heterocycles. The van der Waals surface area contributed by atoms with Gasteiger partial charge in [-0.25, -0.2) is 4.79 Å². The van der Waals surface area contributed by atoms with Crippen molar-refractivity contribution in [2.45, 2.75) is 26.5 Å². The summed E-state index contributed by atoms with van der Waals surface area (Å²) in [5.74, 6) is -0.403. The summed E-state index contributed by atoms with van der Waals surface area (Å²) in [5, 5.41) is 9.19. The van der Waals surface area contributed by atoms with Crippen molar-refractivity contribution < 1.29 is 24.2 Å². The van der Waals surface area contributed by atoms with Gasteiger partial charge in [0.25, 0.3) is 5.91 Å². The standard InChI is InChI=1S/C22H21NO5S2/c1-13-6-4-5-7-16(13)12-28-17-9-8-15(10-18(17)27-3)11-19-20(24)23(22(29)30-19)14(2)21(25)26/h4-11,14H,12H2,1-3H3,(H,25,26)/b19-11-. The van der Waals surface area contributed by atoms with E-state index in [9.17, 15) is 14.7 Å². The van der Waals surface area contributed by atoms with E-state index in [2.05, 4.69) is 0 Å². The van der Waals surface area contributed by atoms with Crippen LogP contribution in [0, 0.1) is 6.92 Å². The van der Waals surface area contributed by atoms with E-state index in [1.165, 1.54) is 6.92 Å². The molecule has 6 nitrogen and oxygen atoms in total. The van der Waals surface area contributed by atoms with Gasteiger partial charge in [0, 0.05) is 0 Å². The molecule has 1 heterocycles. The van der Waals surface area contributed by atoms with Gasteiger partial charge in [0.15, 0.2) is 11.5 Å². The number of ether oxygens (including phenoxy) is 2. The number of thioether (sulfide) groups is 1. The van der Waals surface area contributed by atoms with Gasteiger partial charge in [-0.15, -0.1) is 0 Å². The summed E-state index contributed by atoms with van der Waals surface area (Å²) < 4.78 is 11.6. The topological polar surface area (TPSA) is 76.1 Å². The molecule has 0 spiro atoms. The fourth-order valence-corrected chi connectivity index (χ4v) is 4.31. The van der Waals surface area contributed by atoms with Crippen LogP contribution in [-0.4, -0.2) is 39.4 Å². The van der Waals surface area contributed by atoms with Gasteiger partial charge in [-0.3, -0.25) is 9.69 Å². The molecule has 1 saturated heterocycles. The van der Waals surface area contributed by atoms with Gasteiger partial charge in [-0.2, -0.15) is 0 Å². The number of carboxylic acids is 1. The van der Waals surface area contributed by atoms with Crippen molar-refractivity contribution in [1.82, 2.24) is 4.90 Å². The Hall–Kier alpha value is -2.84. The molecule has 1 fully saturated rings. The molecule has 156 valence electrons. The first kappa shape index (κ1) is 21.9. The highest BCUT2D eigenvalue weighted by Crippen LogP contribution is 2.36. The zero-order valence-corrected chi connectivity index (χ0v) is 18.4. The van der Waals surface area contributed by atoms with Crippen LogP contribution in [0.4, 0.5) is 0 Å². The molecule has 0 radical (unpaired) electrons. The quantitative estimate of drug-likeness (QED) is 0.506. The summed E-state index contributed by atoms with van der Waals surface area (Å²) in [6.45, 7) is 3.87. The Balaban J connectivity index is 1.79. The van der Waals surface area contributed by atoms with E-state index in [1.54, 1.807) is 25.3 Å². The maximum Gasteiger partial charge on any atom is 0.326 e. The number of hydrogen-bond acceptors (Lipinski definition) is 6.